The van der Waals surface area contributed by atoms with E-state index in [1.54, 1.807) is 32.9 Å². The van der Waals surface area contributed by atoms with E-state index < -0.39 is 21.5 Å². The van der Waals surface area contributed by atoms with Crippen molar-refractivity contribution in [3.05, 3.63) is 67.8 Å². The van der Waals surface area contributed by atoms with Gasteiger partial charge in [-0.3, -0.25) is 25.5 Å². The number of carbonyl (C=O) groups is 1. The number of hydrogen-bond donors (Lipinski definition) is 2. The lowest BCUT2D eigenvalue weighted by atomic mass is 10.2. The van der Waals surface area contributed by atoms with Crippen LogP contribution in [0.15, 0.2) is 36.4 Å². The molecule has 0 spiro atoms. The fraction of sp³-hybridized carbons (Fsp3) is 0.211. The molecular formula is C19H18N6O6. The first-order valence-electron chi connectivity index (χ1n) is 8.50. The van der Waals surface area contributed by atoms with Crippen LogP contribution in [0.1, 0.15) is 31.9 Å². The largest absolute Gasteiger partial charge is 0.444 e. The lowest BCUT2D eigenvalue weighted by Gasteiger charge is -2.19. The quantitative estimate of drug-likeness (QED) is 0.415. The van der Waals surface area contributed by atoms with Gasteiger partial charge >= 0.3 is 6.09 Å². The Kier molecular flexibility index (Phi) is 7.99. The minimum absolute atomic E-state index is 0.0155. The summed E-state index contributed by atoms with van der Waals surface area (Å²) < 4.78 is 5.00. The molecule has 0 aliphatic rings. The van der Waals surface area contributed by atoms with E-state index in [1.807, 2.05) is 0 Å². The number of amides is 1. The number of nitrogens with two attached hydrogens (primary N) is 1. The van der Waals surface area contributed by atoms with Crippen molar-refractivity contribution in [2.75, 3.05) is 11.1 Å². The highest BCUT2D eigenvalue weighted by atomic mass is 16.6. The number of nitrogen functional groups attached to an aromatic ring is 1. The zero-order valence-electron chi connectivity index (χ0n) is 16.8. The average Bonchev–Trinajstić information content (AvgIpc) is 2.67. The number of anilines is 2. The number of ether oxygens (including phenoxy) is 1. The van der Waals surface area contributed by atoms with E-state index in [-0.39, 0.29) is 33.9 Å². The van der Waals surface area contributed by atoms with Crippen LogP contribution in [0, 0.1) is 42.9 Å². The van der Waals surface area contributed by atoms with Crippen LogP contribution < -0.4 is 11.1 Å². The maximum atomic E-state index is 11.5. The summed E-state index contributed by atoms with van der Waals surface area (Å²) >= 11 is 0. The minimum Gasteiger partial charge on any atom is -0.444 e. The third kappa shape index (κ3) is 7.67. The van der Waals surface area contributed by atoms with Gasteiger partial charge in [-0.05, 0) is 45.0 Å². The number of nitriles is 2. The number of rotatable bonds is 3. The number of nitro groups is 2. The number of hydrogen-bond acceptors (Lipinski definition) is 9. The first-order valence-corrected chi connectivity index (χ1v) is 8.50. The minimum atomic E-state index is -0.791. The highest BCUT2D eigenvalue weighted by Gasteiger charge is 2.21. The molecule has 0 unspecified atom stereocenters. The predicted octanol–water partition coefficient (Wildman–Crippen LogP) is 3.86. The molecule has 160 valence electrons. The molecule has 0 saturated carbocycles. The molecule has 0 bridgehead atoms. The summed E-state index contributed by atoms with van der Waals surface area (Å²) in [7, 11) is 0. The first-order chi connectivity index (χ1) is 14.4. The Labute approximate surface area is 176 Å². The van der Waals surface area contributed by atoms with Crippen molar-refractivity contribution in [1.29, 1.82) is 10.5 Å². The van der Waals surface area contributed by atoms with Crippen molar-refractivity contribution < 1.29 is 19.4 Å². The monoisotopic (exact) mass is 426 g/mol. The van der Waals surface area contributed by atoms with Gasteiger partial charge in [-0.25, -0.2) is 4.79 Å². The number of benzene rings is 2. The van der Waals surface area contributed by atoms with E-state index in [2.05, 4.69) is 5.32 Å². The van der Waals surface area contributed by atoms with Gasteiger partial charge in [0.1, 0.15) is 17.0 Å². The van der Waals surface area contributed by atoms with E-state index in [4.69, 9.17) is 21.0 Å². The van der Waals surface area contributed by atoms with E-state index in [0.717, 1.165) is 12.1 Å². The van der Waals surface area contributed by atoms with Crippen LogP contribution in [0.4, 0.5) is 27.5 Å². The van der Waals surface area contributed by atoms with Crippen molar-refractivity contribution in [2.45, 2.75) is 26.4 Å². The fourth-order valence-electron chi connectivity index (χ4n) is 2.04. The van der Waals surface area contributed by atoms with Gasteiger partial charge in [0.2, 0.25) is 0 Å². The summed E-state index contributed by atoms with van der Waals surface area (Å²) in [5.41, 5.74) is 4.43. The van der Waals surface area contributed by atoms with Crippen LogP contribution in [0.5, 0.6) is 0 Å². The lowest BCUT2D eigenvalue weighted by molar-refractivity contribution is -0.384. The van der Waals surface area contributed by atoms with Crippen LogP contribution >= 0.6 is 0 Å². The molecule has 0 radical (unpaired) electrons. The van der Waals surface area contributed by atoms with Gasteiger partial charge in [0.15, 0.2) is 0 Å². The Bertz CT molecular complexity index is 1090. The maximum Gasteiger partial charge on any atom is 0.412 e. The molecular weight excluding hydrogens is 408 g/mol. The fourth-order valence-corrected chi connectivity index (χ4v) is 2.04. The molecule has 0 aromatic heterocycles. The molecule has 2 aromatic rings. The van der Waals surface area contributed by atoms with Crippen molar-refractivity contribution >= 4 is 28.8 Å². The van der Waals surface area contributed by atoms with Crippen LogP contribution in [-0.4, -0.2) is 21.5 Å². The highest BCUT2D eigenvalue weighted by molar-refractivity contribution is 5.88. The zero-order valence-corrected chi connectivity index (χ0v) is 16.8. The molecule has 0 aliphatic heterocycles. The molecule has 0 saturated heterocycles. The van der Waals surface area contributed by atoms with Crippen LogP contribution in [0.25, 0.3) is 0 Å². The third-order valence-corrected chi connectivity index (χ3v) is 3.32. The molecule has 2 rings (SSSR count). The average molecular weight is 426 g/mol. The Morgan fingerprint density at radius 1 is 1.00 bits per heavy atom. The van der Waals surface area contributed by atoms with Gasteiger partial charge in [-0.2, -0.15) is 10.5 Å². The second-order valence-corrected chi connectivity index (χ2v) is 6.87. The number of nitro benzene ring substituents is 2. The van der Waals surface area contributed by atoms with Gasteiger partial charge in [-0.1, -0.05) is 0 Å². The van der Waals surface area contributed by atoms with E-state index in [0.29, 0.717) is 0 Å². The summed E-state index contributed by atoms with van der Waals surface area (Å²) in [6.07, 6.45) is -0.791. The van der Waals surface area contributed by atoms with Crippen LogP contribution in [0.2, 0.25) is 0 Å². The van der Waals surface area contributed by atoms with E-state index in [1.165, 1.54) is 24.3 Å². The van der Waals surface area contributed by atoms with Crippen molar-refractivity contribution in [3.63, 3.8) is 0 Å². The number of nitrogens with zero attached hydrogens (tertiary/aromatic N) is 4. The summed E-state index contributed by atoms with van der Waals surface area (Å²) in [4.78, 5) is 31.4. The number of carbonyl (C=O) groups excluding carboxylic acids is 1. The summed E-state index contributed by atoms with van der Waals surface area (Å²) in [5, 5.41) is 40.6. The smallest absolute Gasteiger partial charge is 0.412 e. The van der Waals surface area contributed by atoms with Crippen molar-refractivity contribution in [1.82, 2.24) is 0 Å². The first kappa shape index (κ1) is 24.3. The summed E-state index contributed by atoms with van der Waals surface area (Å²) in [6, 6.07) is 11.3. The molecule has 0 heterocycles. The molecule has 1 amide bonds. The second kappa shape index (κ2) is 10.2. The maximum absolute atomic E-state index is 11.5. The second-order valence-electron chi connectivity index (χ2n) is 6.87. The summed E-state index contributed by atoms with van der Waals surface area (Å²) in [6.45, 7) is 5.04. The zero-order chi connectivity index (χ0) is 23.8. The molecule has 3 N–H and O–H groups in total. The van der Waals surface area contributed by atoms with Crippen molar-refractivity contribution in [3.8, 4) is 12.1 Å². The third-order valence-electron chi connectivity index (χ3n) is 3.32. The molecule has 0 fully saturated rings. The normalized spacial score (nSPS) is 9.84. The molecule has 0 atom stereocenters. The lowest BCUT2D eigenvalue weighted by Crippen LogP contribution is -2.27. The van der Waals surface area contributed by atoms with Gasteiger partial charge in [-0.15, -0.1) is 0 Å². The topological polar surface area (TPSA) is 198 Å². The van der Waals surface area contributed by atoms with Gasteiger partial charge in [0.25, 0.3) is 11.4 Å². The molecule has 12 nitrogen and oxygen atoms in total. The number of nitrogens with one attached hydrogen (secondary N) is 1. The standard InChI is InChI=1S/C12H13N3O4.C7H5N3O2/c1-12(2,3)19-11(16)14-9-5-4-8(7-13)6-10(9)15(17)18;8-4-5-1-2-6(9)7(3-5)10(11)12/h4-6H,1-3H3,(H,14,16);1-3H,9H2. The van der Waals surface area contributed by atoms with Crippen LogP contribution in [0.3, 0.4) is 0 Å². The SMILES string of the molecule is CC(C)(C)OC(=O)Nc1ccc(C#N)cc1[N+](=O)[O-].N#Cc1ccc(N)c([N+](=O)[O-])c1. The van der Waals surface area contributed by atoms with Gasteiger partial charge in [0.05, 0.1) is 33.1 Å². The molecule has 0 aliphatic carbocycles. The Balaban J connectivity index is 0.000000343. The summed E-state index contributed by atoms with van der Waals surface area (Å²) in [5.74, 6) is 0. The molecule has 2 aromatic carbocycles. The van der Waals surface area contributed by atoms with Crippen LogP contribution in [-0.2, 0) is 4.74 Å². The van der Waals surface area contributed by atoms with E-state index >= 15 is 0 Å². The Morgan fingerprint density at radius 3 is 1.94 bits per heavy atom. The predicted molar refractivity (Wildman–Crippen MR) is 110 cm³/mol. The van der Waals surface area contributed by atoms with E-state index in [9.17, 15) is 25.0 Å². The van der Waals surface area contributed by atoms with Gasteiger partial charge in [0, 0.05) is 12.1 Å². The molecule has 31 heavy (non-hydrogen) atoms. The van der Waals surface area contributed by atoms with Crippen molar-refractivity contribution in [2.24, 2.45) is 0 Å². The highest BCUT2D eigenvalue weighted by Crippen LogP contribution is 2.26. The Hall–Kier alpha value is -4.71. The van der Waals surface area contributed by atoms with Gasteiger partial charge < -0.3 is 10.5 Å². The Morgan fingerprint density at radius 2 is 1.48 bits per heavy atom. The molecule has 12 heteroatoms.